The predicted molar refractivity (Wildman–Crippen MR) is 207 cm³/mol. The number of carbonyl (C=O) groups excluding carboxylic acids is 3. The van der Waals surface area contributed by atoms with E-state index in [0.717, 1.165) is 43.4 Å². The van der Waals surface area contributed by atoms with Gasteiger partial charge in [-0.25, -0.2) is 4.79 Å². The number of hydrogen-bond acceptors (Lipinski definition) is 9. The molecule has 0 bridgehead atoms. The van der Waals surface area contributed by atoms with Gasteiger partial charge in [0.25, 0.3) is 0 Å². The molecule has 0 spiro atoms. The number of benzene rings is 2. The minimum absolute atomic E-state index is 0.0416. The van der Waals surface area contributed by atoms with Crippen molar-refractivity contribution in [2.45, 2.75) is 52.4 Å². The normalized spacial score (nSPS) is 18.6. The van der Waals surface area contributed by atoms with Crippen LogP contribution in [0.15, 0.2) is 106 Å². The van der Waals surface area contributed by atoms with Gasteiger partial charge in [0.05, 0.1) is 29.8 Å². The molecule has 4 aromatic rings. The third-order valence-corrected chi connectivity index (χ3v) is 12.0. The molecule has 2 aliphatic heterocycles. The number of anilines is 1. The van der Waals surface area contributed by atoms with Gasteiger partial charge in [-0.1, -0.05) is 32.0 Å². The van der Waals surface area contributed by atoms with Crippen molar-refractivity contribution >= 4 is 57.5 Å². The fourth-order valence-electron chi connectivity index (χ4n) is 7.46. The van der Waals surface area contributed by atoms with Gasteiger partial charge in [0.1, 0.15) is 12.3 Å². The highest BCUT2D eigenvalue weighted by molar-refractivity contribution is 7.13. The second-order valence-electron chi connectivity index (χ2n) is 14.0. The van der Waals surface area contributed by atoms with Gasteiger partial charge in [-0.05, 0) is 97.6 Å². The maximum absolute atomic E-state index is 14.0. The van der Waals surface area contributed by atoms with E-state index in [-0.39, 0.29) is 60.9 Å². The van der Waals surface area contributed by atoms with E-state index in [0.29, 0.717) is 11.4 Å². The Morgan fingerprint density at radius 2 is 1.44 bits per heavy atom. The Bertz CT molecular complexity index is 2240. The number of esters is 2. The van der Waals surface area contributed by atoms with Gasteiger partial charge in [-0.15, -0.1) is 22.7 Å². The van der Waals surface area contributed by atoms with Crippen LogP contribution in [0.2, 0.25) is 0 Å². The first kappa shape index (κ1) is 35.3. The number of fused-ring (bicyclic) bond motifs is 2. The Hall–Kier alpha value is -5.06. The molecule has 8 nitrogen and oxygen atoms in total. The van der Waals surface area contributed by atoms with Gasteiger partial charge in [-0.3, -0.25) is 9.59 Å². The van der Waals surface area contributed by atoms with Crippen LogP contribution in [0.5, 0.6) is 0 Å². The number of ether oxygens (including phenoxy) is 2. The standard InChI is InChI=1S/C42H40N2O6S2/c1-7-49-37(45)23-43-31-15-13-25(33-11-9-17-51-33)19-29(31)41(3,4)35(43)21-27-39(47)28(40(27)48)22-36-42(5,6)30-20-26(34-12-10-18-52-34)14-16-32(30)44(36)24-38(46)50-8-2/h9-22H,7-8,23-24H2,1-6H3/p+1. The third kappa shape index (κ3) is 5.93. The molecule has 0 saturated carbocycles. The van der Waals surface area contributed by atoms with E-state index >= 15 is 0 Å². The summed E-state index contributed by atoms with van der Waals surface area (Å²) < 4.78 is 12.6. The molecule has 0 radical (unpaired) electrons. The quantitative estimate of drug-likeness (QED) is 0.0991. The zero-order valence-corrected chi connectivity index (χ0v) is 31.7. The summed E-state index contributed by atoms with van der Waals surface area (Å²) >= 11 is 3.31. The van der Waals surface area contributed by atoms with Crippen LogP contribution < -0.4 is 4.90 Å². The Morgan fingerprint density at radius 1 is 0.827 bits per heavy atom. The molecule has 1 N–H and O–H groups in total. The molecule has 4 heterocycles. The fraction of sp³-hybridized carbons (Fsp3) is 0.286. The second kappa shape index (κ2) is 13.5. The molecule has 1 aliphatic carbocycles. The average molecular weight is 734 g/mol. The highest BCUT2D eigenvalue weighted by Crippen LogP contribution is 2.51. The lowest BCUT2D eigenvalue weighted by atomic mass is 9.77. The van der Waals surface area contributed by atoms with E-state index < -0.39 is 10.8 Å². The van der Waals surface area contributed by atoms with Crippen molar-refractivity contribution in [3.05, 3.63) is 117 Å². The molecule has 52 heavy (non-hydrogen) atoms. The van der Waals surface area contributed by atoms with Crippen LogP contribution >= 0.6 is 22.7 Å². The van der Waals surface area contributed by atoms with E-state index in [4.69, 9.17) is 9.47 Å². The Balaban J connectivity index is 1.30. The van der Waals surface area contributed by atoms with E-state index in [1.54, 1.807) is 48.7 Å². The minimum atomic E-state index is -0.608. The summed E-state index contributed by atoms with van der Waals surface area (Å²) in [5.74, 6) is -1.22. The Kier molecular flexibility index (Phi) is 9.17. The number of aliphatic hydroxyl groups excluding tert-OH is 1. The molecule has 2 aromatic carbocycles. The number of thiophene rings is 2. The molecule has 2 aromatic heterocycles. The summed E-state index contributed by atoms with van der Waals surface area (Å²) in [7, 11) is 0. The van der Waals surface area contributed by atoms with E-state index in [1.165, 1.54) is 0 Å². The van der Waals surface area contributed by atoms with Crippen LogP contribution in [0.4, 0.5) is 11.4 Å². The first-order valence-corrected chi connectivity index (χ1v) is 19.2. The molecule has 7 rings (SSSR count). The zero-order valence-electron chi connectivity index (χ0n) is 30.1. The van der Waals surface area contributed by atoms with E-state index in [1.807, 2.05) is 56.6 Å². The number of carbonyl (C=O) groups is 3. The lowest BCUT2D eigenvalue weighted by Crippen LogP contribution is -2.34. The number of Topliss-reactive ketones (excluding diaryl/α,β-unsaturated/α-hetero) is 1. The van der Waals surface area contributed by atoms with E-state index in [2.05, 4.69) is 52.0 Å². The van der Waals surface area contributed by atoms with Crippen LogP contribution in [-0.2, 0) is 34.7 Å². The number of aliphatic hydroxyl groups is 1. The van der Waals surface area contributed by atoms with Crippen molar-refractivity contribution in [2.75, 3.05) is 31.2 Å². The smallest absolute Gasteiger partial charge is 0.372 e. The van der Waals surface area contributed by atoms with Crippen molar-refractivity contribution in [2.24, 2.45) is 0 Å². The van der Waals surface area contributed by atoms with Gasteiger partial charge >= 0.3 is 11.9 Å². The van der Waals surface area contributed by atoms with Crippen molar-refractivity contribution in [1.29, 1.82) is 0 Å². The number of ketones is 1. The molecule has 0 saturated heterocycles. The lowest BCUT2D eigenvalue weighted by Gasteiger charge is -2.28. The maximum Gasteiger partial charge on any atom is 0.372 e. The van der Waals surface area contributed by atoms with E-state index in [9.17, 15) is 19.5 Å². The molecular weight excluding hydrogens is 693 g/mol. The fourth-order valence-corrected chi connectivity index (χ4v) is 8.91. The largest absolute Gasteiger partial charge is 0.506 e. The van der Waals surface area contributed by atoms with Crippen LogP contribution in [0.25, 0.3) is 20.9 Å². The third-order valence-electron chi connectivity index (χ3n) is 10.1. The van der Waals surface area contributed by atoms with Crippen molar-refractivity contribution in [3.8, 4) is 20.9 Å². The minimum Gasteiger partial charge on any atom is -0.506 e. The van der Waals surface area contributed by atoms with Crippen LogP contribution in [-0.4, -0.2) is 59.4 Å². The molecule has 0 unspecified atom stereocenters. The van der Waals surface area contributed by atoms with Gasteiger partial charge in [0.2, 0.25) is 18.0 Å². The average Bonchev–Trinajstić information content (AvgIpc) is 3.91. The van der Waals surface area contributed by atoms with Crippen molar-refractivity contribution in [1.82, 2.24) is 0 Å². The predicted octanol–water partition coefficient (Wildman–Crippen LogP) is 8.65. The number of rotatable bonds is 10. The number of allylic oxidation sites excluding steroid dienone is 5. The topological polar surface area (TPSA) is 96.2 Å². The van der Waals surface area contributed by atoms with Gasteiger partial charge in [-0.2, -0.15) is 4.58 Å². The van der Waals surface area contributed by atoms with Crippen LogP contribution in [0.1, 0.15) is 52.7 Å². The molecule has 0 amide bonds. The van der Waals surface area contributed by atoms with Gasteiger partial charge in [0.15, 0.2) is 5.71 Å². The summed E-state index contributed by atoms with van der Waals surface area (Å²) in [6, 6.07) is 20.5. The molecule has 266 valence electrons. The Labute approximate surface area is 311 Å². The lowest BCUT2D eigenvalue weighted by molar-refractivity contribution is -0.428. The Morgan fingerprint density at radius 3 is 2.04 bits per heavy atom. The summed E-state index contributed by atoms with van der Waals surface area (Å²) in [6.07, 6.45) is 3.42. The first-order valence-electron chi connectivity index (χ1n) is 17.4. The highest BCUT2D eigenvalue weighted by atomic mass is 32.1. The number of hydrogen-bond donors (Lipinski definition) is 1. The second-order valence-corrected chi connectivity index (χ2v) is 15.9. The SMILES string of the molecule is CCOC(=O)CN1C(=CC2=C(O)C(=CC3=[N+](CC(=O)OCC)c4ccc(-c5cccs5)cc4C3(C)C)C2=O)C(C)(C)c2cc(-c3cccs3)ccc21. The summed E-state index contributed by atoms with van der Waals surface area (Å²) in [6.45, 7) is 12.2. The van der Waals surface area contributed by atoms with Crippen molar-refractivity contribution < 1.29 is 33.5 Å². The molecular formula is C42H41N2O6S2+. The van der Waals surface area contributed by atoms with Gasteiger partial charge < -0.3 is 19.5 Å². The highest BCUT2D eigenvalue weighted by Gasteiger charge is 2.48. The van der Waals surface area contributed by atoms with Crippen LogP contribution in [0.3, 0.4) is 0 Å². The number of nitrogens with zero attached hydrogens (tertiary/aromatic N) is 2. The maximum atomic E-state index is 14.0. The summed E-state index contributed by atoms with van der Waals surface area (Å²) in [5, 5.41) is 15.7. The van der Waals surface area contributed by atoms with Gasteiger partial charge in [0, 0.05) is 44.3 Å². The monoisotopic (exact) mass is 733 g/mol. The molecule has 10 heteroatoms. The van der Waals surface area contributed by atoms with Crippen molar-refractivity contribution in [3.63, 3.8) is 0 Å². The summed E-state index contributed by atoms with van der Waals surface area (Å²) in [5.41, 5.74) is 6.39. The summed E-state index contributed by atoms with van der Waals surface area (Å²) in [4.78, 5) is 44.0. The zero-order chi connectivity index (χ0) is 36.9. The van der Waals surface area contributed by atoms with Crippen LogP contribution in [0, 0.1) is 0 Å². The molecule has 0 atom stereocenters. The molecule has 0 fully saturated rings. The molecule has 3 aliphatic rings. The first-order chi connectivity index (χ1) is 24.9.